The van der Waals surface area contributed by atoms with Gasteiger partial charge in [0.15, 0.2) is 0 Å². The van der Waals surface area contributed by atoms with Crippen LogP contribution in [0.25, 0.3) is 11.0 Å². The monoisotopic (exact) mass is 231 g/mol. The second kappa shape index (κ2) is 4.04. The molecule has 0 radical (unpaired) electrons. The third-order valence-electron chi connectivity index (χ3n) is 3.62. The third kappa shape index (κ3) is 2.13. The van der Waals surface area contributed by atoms with Crippen LogP contribution in [0, 0.1) is 5.41 Å². The van der Waals surface area contributed by atoms with Gasteiger partial charge in [0.25, 0.3) is 0 Å². The van der Waals surface area contributed by atoms with Crippen LogP contribution in [-0.2, 0) is 0 Å². The van der Waals surface area contributed by atoms with E-state index in [-0.39, 0.29) is 6.61 Å². The molecule has 1 fully saturated rings. The topological polar surface area (TPSA) is 60.9 Å². The summed E-state index contributed by atoms with van der Waals surface area (Å²) in [6, 6.07) is 8.01. The maximum absolute atomic E-state index is 9.00. The summed E-state index contributed by atoms with van der Waals surface area (Å²) in [5.74, 6) is 0.829. The van der Waals surface area contributed by atoms with Crippen molar-refractivity contribution in [2.75, 3.05) is 18.5 Å². The second-order valence-corrected chi connectivity index (χ2v) is 4.93. The van der Waals surface area contributed by atoms with E-state index in [2.05, 4.69) is 15.3 Å². The van der Waals surface area contributed by atoms with Crippen molar-refractivity contribution in [1.82, 2.24) is 9.97 Å². The van der Waals surface area contributed by atoms with Gasteiger partial charge in [0.05, 0.1) is 11.0 Å². The van der Waals surface area contributed by atoms with E-state index in [4.69, 9.17) is 5.11 Å². The molecule has 1 heterocycles. The summed E-state index contributed by atoms with van der Waals surface area (Å²) < 4.78 is 0. The Kier molecular flexibility index (Phi) is 2.52. The van der Waals surface area contributed by atoms with Crippen molar-refractivity contribution < 1.29 is 5.11 Å². The maximum Gasteiger partial charge on any atom is 0.201 e. The van der Waals surface area contributed by atoms with Crippen LogP contribution in [0.1, 0.15) is 19.3 Å². The highest BCUT2D eigenvalue weighted by molar-refractivity contribution is 5.77. The van der Waals surface area contributed by atoms with Crippen LogP contribution >= 0.6 is 0 Å². The average Bonchev–Trinajstić information content (AvgIpc) is 2.98. The van der Waals surface area contributed by atoms with Crippen LogP contribution in [0.15, 0.2) is 24.3 Å². The summed E-state index contributed by atoms with van der Waals surface area (Å²) >= 11 is 0. The van der Waals surface area contributed by atoms with Gasteiger partial charge in [-0.25, -0.2) is 4.98 Å². The van der Waals surface area contributed by atoms with Crippen LogP contribution in [0.3, 0.4) is 0 Å². The Morgan fingerprint density at radius 1 is 1.35 bits per heavy atom. The minimum absolute atomic E-state index is 0.280. The molecule has 17 heavy (non-hydrogen) atoms. The van der Waals surface area contributed by atoms with Crippen LogP contribution in [-0.4, -0.2) is 28.2 Å². The molecule has 2 aromatic rings. The molecule has 3 rings (SSSR count). The van der Waals surface area contributed by atoms with E-state index in [0.717, 1.165) is 29.9 Å². The molecule has 0 spiro atoms. The number of para-hydroxylation sites is 2. The van der Waals surface area contributed by atoms with E-state index in [1.54, 1.807) is 0 Å². The van der Waals surface area contributed by atoms with Crippen molar-refractivity contribution in [1.29, 1.82) is 0 Å². The predicted octanol–water partition coefficient (Wildman–Crippen LogP) is 2.14. The van der Waals surface area contributed by atoms with Gasteiger partial charge in [-0.2, -0.15) is 0 Å². The Bertz CT molecular complexity index is 483. The Labute approximate surface area is 100 Å². The fourth-order valence-corrected chi connectivity index (χ4v) is 2.24. The minimum Gasteiger partial charge on any atom is -0.396 e. The first-order valence-electron chi connectivity index (χ1n) is 6.11. The Hall–Kier alpha value is -1.55. The highest BCUT2D eigenvalue weighted by Crippen LogP contribution is 2.48. The fourth-order valence-electron chi connectivity index (χ4n) is 2.24. The zero-order chi connectivity index (χ0) is 11.7. The largest absolute Gasteiger partial charge is 0.396 e. The third-order valence-corrected chi connectivity index (χ3v) is 3.62. The Balaban J connectivity index is 1.69. The Morgan fingerprint density at radius 3 is 2.88 bits per heavy atom. The molecule has 0 unspecified atom stereocenters. The molecule has 0 aliphatic heterocycles. The molecule has 0 bridgehead atoms. The lowest BCUT2D eigenvalue weighted by atomic mass is 10.0. The van der Waals surface area contributed by atoms with E-state index in [1.165, 1.54) is 12.8 Å². The number of aromatic nitrogens is 2. The van der Waals surface area contributed by atoms with Crippen LogP contribution in [0.4, 0.5) is 5.95 Å². The van der Waals surface area contributed by atoms with Gasteiger partial charge in [-0.3, -0.25) is 0 Å². The summed E-state index contributed by atoms with van der Waals surface area (Å²) in [5.41, 5.74) is 2.36. The molecule has 90 valence electrons. The number of nitrogens with zero attached hydrogens (tertiary/aromatic N) is 1. The van der Waals surface area contributed by atoms with Crippen molar-refractivity contribution in [3.8, 4) is 0 Å². The summed E-state index contributed by atoms with van der Waals surface area (Å²) in [6.07, 6.45) is 3.31. The number of fused-ring (bicyclic) bond motifs is 1. The number of imidazole rings is 1. The molecule has 0 saturated heterocycles. The highest BCUT2D eigenvalue weighted by atomic mass is 16.3. The average molecular weight is 231 g/mol. The van der Waals surface area contributed by atoms with Crippen molar-refractivity contribution in [3.63, 3.8) is 0 Å². The molecule has 1 aliphatic rings. The highest BCUT2D eigenvalue weighted by Gasteiger charge is 2.41. The van der Waals surface area contributed by atoms with Crippen LogP contribution in [0.5, 0.6) is 0 Å². The lowest BCUT2D eigenvalue weighted by Crippen LogP contribution is -2.17. The number of nitrogens with one attached hydrogen (secondary N) is 2. The smallest absolute Gasteiger partial charge is 0.201 e. The van der Waals surface area contributed by atoms with Crippen molar-refractivity contribution >= 4 is 17.0 Å². The van der Waals surface area contributed by atoms with Crippen molar-refractivity contribution in [2.45, 2.75) is 19.3 Å². The molecule has 0 atom stereocenters. The van der Waals surface area contributed by atoms with Gasteiger partial charge < -0.3 is 15.4 Å². The van der Waals surface area contributed by atoms with Gasteiger partial charge in [0.2, 0.25) is 5.95 Å². The lowest BCUT2D eigenvalue weighted by molar-refractivity contribution is 0.253. The quantitative estimate of drug-likeness (QED) is 0.738. The molecule has 1 aromatic heterocycles. The number of H-pyrrole nitrogens is 1. The van der Waals surface area contributed by atoms with Gasteiger partial charge in [-0.1, -0.05) is 12.1 Å². The van der Waals surface area contributed by atoms with E-state index < -0.39 is 0 Å². The number of rotatable bonds is 5. The number of aliphatic hydroxyl groups excluding tert-OH is 1. The number of aromatic amines is 1. The van der Waals surface area contributed by atoms with Crippen molar-refractivity contribution in [2.24, 2.45) is 5.41 Å². The first kappa shape index (κ1) is 10.6. The molecule has 4 heteroatoms. The molecule has 1 aliphatic carbocycles. The van der Waals surface area contributed by atoms with Crippen molar-refractivity contribution in [3.05, 3.63) is 24.3 Å². The SMILES string of the molecule is OCCC1(CNc2nc3ccccc3[nH]2)CC1. The molecular formula is C13H17N3O. The van der Waals surface area contributed by atoms with E-state index >= 15 is 0 Å². The standard InChI is InChI=1S/C13H17N3O/c17-8-7-13(5-6-13)9-14-12-15-10-3-1-2-4-11(10)16-12/h1-4,17H,5-9H2,(H2,14,15,16). The molecule has 0 amide bonds. The molecule has 1 aromatic carbocycles. The molecular weight excluding hydrogens is 214 g/mol. The van der Waals surface area contributed by atoms with Crippen LogP contribution < -0.4 is 5.32 Å². The first-order chi connectivity index (χ1) is 8.31. The zero-order valence-corrected chi connectivity index (χ0v) is 9.74. The number of aliphatic hydroxyl groups is 1. The van der Waals surface area contributed by atoms with Gasteiger partial charge in [0.1, 0.15) is 0 Å². The number of anilines is 1. The van der Waals surface area contributed by atoms with Gasteiger partial charge >= 0.3 is 0 Å². The summed E-state index contributed by atoms with van der Waals surface area (Å²) in [7, 11) is 0. The zero-order valence-electron chi connectivity index (χ0n) is 9.74. The second-order valence-electron chi connectivity index (χ2n) is 4.93. The number of hydrogen-bond acceptors (Lipinski definition) is 3. The van der Waals surface area contributed by atoms with E-state index in [0.29, 0.717) is 5.41 Å². The number of benzene rings is 1. The van der Waals surface area contributed by atoms with E-state index in [9.17, 15) is 0 Å². The van der Waals surface area contributed by atoms with Gasteiger partial charge in [-0.15, -0.1) is 0 Å². The van der Waals surface area contributed by atoms with Gasteiger partial charge in [0, 0.05) is 13.2 Å². The maximum atomic E-state index is 9.00. The first-order valence-corrected chi connectivity index (χ1v) is 6.11. The summed E-state index contributed by atoms with van der Waals surface area (Å²) in [5, 5.41) is 12.3. The summed E-state index contributed by atoms with van der Waals surface area (Å²) in [4.78, 5) is 7.73. The summed E-state index contributed by atoms with van der Waals surface area (Å²) in [6.45, 7) is 1.18. The lowest BCUT2D eigenvalue weighted by Gasteiger charge is -2.13. The molecule has 4 nitrogen and oxygen atoms in total. The van der Waals surface area contributed by atoms with Crippen LogP contribution in [0.2, 0.25) is 0 Å². The minimum atomic E-state index is 0.280. The Morgan fingerprint density at radius 2 is 2.18 bits per heavy atom. The normalized spacial score (nSPS) is 17.2. The predicted molar refractivity (Wildman–Crippen MR) is 68.0 cm³/mol. The van der Waals surface area contributed by atoms with E-state index in [1.807, 2.05) is 24.3 Å². The fraction of sp³-hybridized carbons (Fsp3) is 0.462. The van der Waals surface area contributed by atoms with Gasteiger partial charge in [-0.05, 0) is 36.8 Å². The molecule has 1 saturated carbocycles. The molecule has 3 N–H and O–H groups in total. The number of hydrogen-bond donors (Lipinski definition) is 3.